The molecule has 0 atom stereocenters. The van der Waals surface area contributed by atoms with Gasteiger partial charge in [0, 0.05) is 25.5 Å². The van der Waals surface area contributed by atoms with E-state index < -0.39 is 10.0 Å². The monoisotopic (exact) mass is 366 g/mol. The molecular formula is C11H15ClN4O2S3. The highest BCUT2D eigenvalue weighted by atomic mass is 35.5. The Balaban J connectivity index is 2.11. The van der Waals surface area contributed by atoms with Gasteiger partial charge in [-0.25, -0.2) is 12.7 Å². The second-order valence-corrected chi connectivity index (χ2v) is 9.06. The van der Waals surface area contributed by atoms with Crippen molar-refractivity contribution >= 4 is 55.3 Å². The van der Waals surface area contributed by atoms with Crippen molar-refractivity contribution in [1.29, 1.82) is 0 Å². The summed E-state index contributed by atoms with van der Waals surface area (Å²) in [5.41, 5.74) is 5.69. The van der Waals surface area contributed by atoms with Gasteiger partial charge in [-0.3, -0.25) is 0 Å². The molecule has 0 saturated carbocycles. The van der Waals surface area contributed by atoms with Crippen molar-refractivity contribution in [1.82, 2.24) is 8.68 Å². The van der Waals surface area contributed by atoms with Crippen molar-refractivity contribution < 1.29 is 8.42 Å². The Morgan fingerprint density at radius 2 is 2.14 bits per heavy atom. The van der Waals surface area contributed by atoms with Crippen molar-refractivity contribution in [2.45, 2.75) is 11.3 Å². The molecule has 2 aromatic rings. The molecule has 0 spiro atoms. The molecule has 10 heteroatoms. The van der Waals surface area contributed by atoms with Gasteiger partial charge in [0.15, 0.2) is 10.7 Å². The SMILES string of the molecule is CN(C)S(=O)(=O)c1c(N)nsc1NCCc1ccc(Cl)s1. The van der Waals surface area contributed by atoms with E-state index in [0.717, 1.165) is 31.5 Å². The van der Waals surface area contributed by atoms with Gasteiger partial charge in [0.2, 0.25) is 10.0 Å². The van der Waals surface area contributed by atoms with Crippen LogP contribution in [0.2, 0.25) is 4.34 Å². The Hall–Kier alpha value is -0.870. The Kier molecular flexibility index (Phi) is 5.10. The van der Waals surface area contributed by atoms with Gasteiger partial charge in [0.25, 0.3) is 0 Å². The number of nitrogens with one attached hydrogen (secondary N) is 1. The molecule has 0 radical (unpaired) electrons. The predicted molar refractivity (Wildman–Crippen MR) is 88.9 cm³/mol. The Morgan fingerprint density at radius 1 is 1.43 bits per heavy atom. The average molecular weight is 367 g/mol. The smallest absolute Gasteiger partial charge is 0.249 e. The molecule has 116 valence electrons. The van der Waals surface area contributed by atoms with Gasteiger partial charge in [0.05, 0.1) is 4.34 Å². The van der Waals surface area contributed by atoms with E-state index in [1.165, 1.54) is 25.4 Å². The van der Waals surface area contributed by atoms with Gasteiger partial charge in [-0.1, -0.05) is 11.6 Å². The summed E-state index contributed by atoms with van der Waals surface area (Å²) < 4.78 is 30.2. The van der Waals surface area contributed by atoms with Crippen LogP contribution in [-0.4, -0.2) is 37.7 Å². The molecule has 0 aliphatic rings. The Bertz CT molecular complexity index is 724. The third-order valence-corrected chi connectivity index (χ3v) is 6.83. The van der Waals surface area contributed by atoms with E-state index in [4.69, 9.17) is 17.3 Å². The summed E-state index contributed by atoms with van der Waals surface area (Å²) >= 11 is 8.42. The molecule has 0 saturated heterocycles. The fourth-order valence-electron chi connectivity index (χ4n) is 1.62. The highest BCUT2D eigenvalue weighted by Gasteiger charge is 2.27. The molecule has 2 heterocycles. The Labute approximate surface area is 136 Å². The molecule has 0 unspecified atom stereocenters. The zero-order chi connectivity index (χ0) is 15.6. The number of hydrogen-bond acceptors (Lipinski definition) is 7. The molecule has 2 aromatic heterocycles. The van der Waals surface area contributed by atoms with Crippen LogP contribution < -0.4 is 11.1 Å². The van der Waals surface area contributed by atoms with E-state index in [9.17, 15) is 8.42 Å². The molecule has 0 amide bonds. The van der Waals surface area contributed by atoms with Crippen LogP contribution in [0.15, 0.2) is 17.0 Å². The van der Waals surface area contributed by atoms with Crippen LogP contribution in [0.25, 0.3) is 0 Å². The van der Waals surface area contributed by atoms with Gasteiger partial charge in [-0.2, -0.15) is 4.37 Å². The summed E-state index contributed by atoms with van der Waals surface area (Å²) in [6.45, 7) is 0.578. The van der Waals surface area contributed by atoms with E-state index in [2.05, 4.69) is 9.69 Å². The number of hydrogen-bond donors (Lipinski definition) is 2. The summed E-state index contributed by atoms with van der Waals surface area (Å²) in [6, 6.07) is 3.79. The minimum Gasteiger partial charge on any atom is -0.382 e. The number of rotatable bonds is 6. The normalized spacial score (nSPS) is 12.0. The Morgan fingerprint density at radius 3 is 2.71 bits per heavy atom. The minimum absolute atomic E-state index is 0.0235. The van der Waals surface area contributed by atoms with Gasteiger partial charge < -0.3 is 11.1 Å². The molecule has 6 nitrogen and oxygen atoms in total. The lowest BCUT2D eigenvalue weighted by Gasteiger charge is -2.12. The zero-order valence-corrected chi connectivity index (χ0v) is 14.7. The molecule has 0 aliphatic carbocycles. The van der Waals surface area contributed by atoms with Crippen LogP contribution in [0.1, 0.15) is 4.88 Å². The molecule has 0 fully saturated rings. The molecule has 0 aliphatic heterocycles. The van der Waals surface area contributed by atoms with Crippen LogP contribution in [0.5, 0.6) is 0 Å². The van der Waals surface area contributed by atoms with Gasteiger partial charge >= 0.3 is 0 Å². The van der Waals surface area contributed by atoms with Crippen LogP contribution in [0, 0.1) is 0 Å². The van der Waals surface area contributed by atoms with E-state index in [0.29, 0.717) is 11.5 Å². The number of nitrogen functional groups attached to an aromatic ring is 1. The van der Waals surface area contributed by atoms with Crippen molar-refractivity contribution in [3.63, 3.8) is 0 Å². The first kappa shape index (κ1) is 16.5. The zero-order valence-electron chi connectivity index (χ0n) is 11.5. The van der Waals surface area contributed by atoms with Crippen molar-refractivity contribution in [2.75, 3.05) is 31.7 Å². The number of aromatic nitrogens is 1. The highest BCUT2D eigenvalue weighted by Crippen LogP contribution is 2.33. The maximum atomic E-state index is 12.2. The third kappa shape index (κ3) is 3.67. The number of anilines is 2. The summed E-state index contributed by atoms with van der Waals surface area (Å²) in [7, 11) is -0.686. The molecule has 0 aromatic carbocycles. The third-order valence-electron chi connectivity index (χ3n) is 2.70. The van der Waals surface area contributed by atoms with Crippen molar-refractivity contribution in [2.24, 2.45) is 0 Å². The van der Waals surface area contributed by atoms with E-state index in [1.807, 2.05) is 12.1 Å². The van der Waals surface area contributed by atoms with Crippen LogP contribution >= 0.6 is 34.5 Å². The second kappa shape index (κ2) is 6.49. The second-order valence-electron chi connectivity index (χ2n) is 4.40. The first-order valence-electron chi connectivity index (χ1n) is 5.98. The fourth-order valence-corrected chi connectivity index (χ4v) is 4.81. The van der Waals surface area contributed by atoms with E-state index in [1.54, 1.807) is 0 Å². The first-order chi connectivity index (χ1) is 9.82. The molecule has 3 N–H and O–H groups in total. The minimum atomic E-state index is -3.61. The quantitative estimate of drug-likeness (QED) is 0.819. The topological polar surface area (TPSA) is 88.3 Å². The van der Waals surface area contributed by atoms with E-state index >= 15 is 0 Å². The number of halogens is 1. The lowest BCUT2D eigenvalue weighted by Crippen LogP contribution is -2.23. The van der Waals surface area contributed by atoms with Gasteiger partial charge in [-0.05, 0) is 30.1 Å². The summed E-state index contributed by atoms with van der Waals surface area (Å²) in [6.07, 6.45) is 0.747. The lowest BCUT2D eigenvalue weighted by molar-refractivity contribution is 0.521. The fraction of sp³-hybridized carbons (Fsp3) is 0.364. The summed E-state index contributed by atoms with van der Waals surface area (Å²) in [4.78, 5) is 1.17. The highest BCUT2D eigenvalue weighted by molar-refractivity contribution is 7.89. The first-order valence-corrected chi connectivity index (χ1v) is 9.39. The van der Waals surface area contributed by atoms with Crippen LogP contribution in [-0.2, 0) is 16.4 Å². The largest absolute Gasteiger partial charge is 0.382 e. The van der Waals surface area contributed by atoms with Gasteiger partial charge in [0.1, 0.15) is 5.00 Å². The molecule has 21 heavy (non-hydrogen) atoms. The maximum absolute atomic E-state index is 12.2. The molecule has 0 bridgehead atoms. The maximum Gasteiger partial charge on any atom is 0.249 e. The predicted octanol–water partition coefficient (Wildman–Crippen LogP) is 2.35. The van der Waals surface area contributed by atoms with Gasteiger partial charge in [-0.15, -0.1) is 11.3 Å². The number of nitrogens with two attached hydrogens (primary N) is 1. The van der Waals surface area contributed by atoms with Crippen LogP contribution in [0.3, 0.4) is 0 Å². The summed E-state index contributed by atoms with van der Waals surface area (Å²) in [5, 5.41) is 3.55. The number of thiophene rings is 1. The number of sulfonamides is 1. The molecular weight excluding hydrogens is 352 g/mol. The lowest BCUT2D eigenvalue weighted by atomic mass is 10.3. The standard InChI is InChI=1S/C11H15ClN4O2S3/c1-16(2)21(17,18)9-10(13)15-20-11(9)14-6-5-7-3-4-8(12)19-7/h3-4,14H,5-6H2,1-2H3,(H2,13,15). The van der Waals surface area contributed by atoms with Crippen molar-refractivity contribution in [3.05, 3.63) is 21.3 Å². The van der Waals surface area contributed by atoms with Crippen LogP contribution in [0.4, 0.5) is 10.8 Å². The number of nitrogens with zero attached hydrogens (tertiary/aromatic N) is 2. The average Bonchev–Trinajstić information content (AvgIpc) is 2.96. The molecule has 2 rings (SSSR count). The summed E-state index contributed by atoms with van der Waals surface area (Å²) in [5.74, 6) is 0.0235. The van der Waals surface area contributed by atoms with Crippen molar-refractivity contribution in [3.8, 4) is 0 Å². The van der Waals surface area contributed by atoms with E-state index in [-0.39, 0.29) is 10.7 Å².